The van der Waals surface area contributed by atoms with E-state index < -0.39 is 11.8 Å². The summed E-state index contributed by atoms with van der Waals surface area (Å²) in [4.78, 5) is 18.2. The molecule has 0 aromatic carbocycles. The number of allylic oxidation sites excluding steroid dienone is 4. The molecular formula is C14H23Cl2N2O2Ti-3. The van der Waals surface area contributed by atoms with Gasteiger partial charge >= 0.3 is 21.7 Å². The van der Waals surface area contributed by atoms with E-state index in [1.165, 1.54) is 30.6 Å². The van der Waals surface area contributed by atoms with E-state index in [1.807, 2.05) is 0 Å². The normalized spacial score (nSPS) is 13.6. The maximum atomic E-state index is 9.11. The quantitative estimate of drug-likeness (QED) is 0.376. The monoisotopic (exact) mass is 369 g/mol. The predicted molar refractivity (Wildman–Crippen MR) is 74.6 cm³/mol. The summed E-state index contributed by atoms with van der Waals surface area (Å²) in [6.07, 6.45) is 3.44. The smallest absolute Gasteiger partial charge is 1.00 e. The zero-order valence-electron chi connectivity index (χ0n) is 13.6. The van der Waals surface area contributed by atoms with E-state index >= 15 is 0 Å². The second-order valence-electron chi connectivity index (χ2n) is 4.74. The van der Waals surface area contributed by atoms with Gasteiger partial charge in [-0.15, -0.1) is 6.92 Å². The third-order valence-corrected chi connectivity index (χ3v) is 2.56. The Bertz CT molecular complexity index is 372. The number of nitrogens with one attached hydrogen (secondary N) is 2. The van der Waals surface area contributed by atoms with E-state index in [0.717, 1.165) is 0 Å². The maximum absolute atomic E-state index is 9.11. The molecule has 4 nitrogen and oxygen atoms in total. The molecular weight excluding hydrogens is 347 g/mol. The number of rotatable bonds is 0. The van der Waals surface area contributed by atoms with Crippen molar-refractivity contribution in [2.45, 2.75) is 48.5 Å². The molecule has 1 aliphatic rings. The minimum Gasteiger partial charge on any atom is -1.00 e. The van der Waals surface area contributed by atoms with Crippen molar-refractivity contribution in [1.29, 1.82) is 0 Å². The van der Waals surface area contributed by atoms with Gasteiger partial charge in [-0.3, -0.25) is 6.08 Å². The van der Waals surface area contributed by atoms with Crippen LogP contribution in [0.25, 0.3) is 11.5 Å². The van der Waals surface area contributed by atoms with Crippen LogP contribution in [0.3, 0.4) is 0 Å². The van der Waals surface area contributed by atoms with E-state index in [9.17, 15) is 0 Å². The van der Waals surface area contributed by atoms with Gasteiger partial charge in [-0.05, 0) is 13.8 Å². The Kier molecular flexibility index (Phi) is 22.7. The SMILES string of the molecule is CC([NH-])=O.CC([NH-])=O.CC1=[C-]C(C)(C)C(C)=C1C.[Cl-].[Cl-].[Ti+2]. The Balaban J connectivity index is -0.0000000673. The number of carbonyl (C=O) groups is 2. The van der Waals surface area contributed by atoms with Crippen LogP contribution in [0.1, 0.15) is 48.5 Å². The average molecular weight is 370 g/mol. The summed E-state index contributed by atoms with van der Waals surface area (Å²) in [5, 5.41) is 0. The van der Waals surface area contributed by atoms with Gasteiger partial charge in [-0.2, -0.15) is 11.1 Å². The number of carbonyl (C=O) groups excluding carboxylic acids is 2. The van der Waals surface area contributed by atoms with Crippen LogP contribution in [0, 0.1) is 11.5 Å². The maximum Gasteiger partial charge on any atom is 2.00 e. The van der Waals surface area contributed by atoms with Gasteiger partial charge in [0, 0.05) is 11.8 Å². The molecule has 0 unspecified atom stereocenters. The van der Waals surface area contributed by atoms with Gasteiger partial charge in [-0.25, -0.2) is 5.57 Å². The molecule has 1 rings (SSSR count). The molecule has 0 radical (unpaired) electrons. The summed E-state index contributed by atoms with van der Waals surface area (Å²) < 4.78 is 0. The molecule has 0 aromatic heterocycles. The molecule has 0 heterocycles. The molecule has 122 valence electrons. The van der Waals surface area contributed by atoms with Gasteiger partial charge in [0.15, 0.2) is 0 Å². The molecule has 0 aromatic rings. The first kappa shape index (κ1) is 32.6. The number of halogens is 2. The Morgan fingerprint density at radius 2 is 1.19 bits per heavy atom. The zero-order chi connectivity index (χ0) is 15.1. The summed E-state index contributed by atoms with van der Waals surface area (Å²) in [6.45, 7) is 13.3. The van der Waals surface area contributed by atoms with Crippen LogP contribution in [0.4, 0.5) is 0 Å². The fourth-order valence-corrected chi connectivity index (χ4v) is 1.41. The second-order valence-corrected chi connectivity index (χ2v) is 4.74. The van der Waals surface area contributed by atoms with E-state index in [1.54, 1.807) is 0 Å². The van der Waals surface area contributed by atoms with Crippen LogP contribution >= 0.6 is 0 Å². The van der Waals surface area contributed by atoms with Gasteiger partial charge in [0.1, 0.15) is 0 Å². The molecule has 0 atom stereocenters. The molecule has 2 amide bonds. The molecule has 0 spiro atoms. The standard InChI is InChI=1S/C10H15.2C2H5NO.2ClH.Ti/c1-7-6-10(4,5)9(3)8(7)2;2*1-2(3)4;;;/h1-5H3;2*1H3,(H2,3,4);2*1H;/q-1;;;;;+2/p-4. The number of amides is 2. The van der Waals surface area contributed by atoms with Crippen molar-refractivity contribution in [3.63, 3.8) is 0 Å². The molecule has 21 heavy (non-hydrogen) atoms. The van der Waals surface area contributed by atoms with Crippen molar-refractivity contribution in [1.82, 2.24) is 0 Å². The van der Waals surface area contributed by atoms with E-state index in [2.05, 4.69) is 40.7 Å². The van der Waals surface area contributed by atoms with Gasteiger partial charge < -0.3 is 45.9 Å². The number of hydrogen-bond donors (Lipinski definition) is 0. The first-order chi connectivity index (χ1) is 7.91. The molecule has 0 aliphatic heterocycles. The molecule has 0 bridgehead atoms. The molecule has 7 heteroatoms. The zero-order valence-corrected chi connectivity index (χ0v) is 16.6. The molecule has 1 aliphatic carbocycles. The van der Waals surface area contributed by atoms with E-state index in [4.69, 9.17) is 21.1 Å². The average Bonchev–Trinajstić information content (AvgIpc) is 2.27. The van der Waals surface area contributed by atoms with Gasteiger partial charge in [0.05, 0.1) is 0 Å². The van der Waals surface area contributed by atoms with Crippen molar-refractivity contribution in [3.8, 4) is 0 Å². The summed E-state index contributed by atoms with van der Waals surface area (Å²) >= 11 is 0. The fourth-order valence-electron chi connectivity index (χ4n) is 1.41. The van der Waals surface area contributed by atoms with Crippen molar-refractivity contribution in [2.24, 2.45) is 5.41 Å². The minimum atomic E-state index is -0.583. The Labute approximate surface area is 155 Å². The van der Waals surface area contributed by atoms with Crippen molar-refractivity contribution >= 4 is 11.8 Å². The molecule has 2 N–H and O–H groups in total. The van der Waals surface area contributed by atoms with Crippen LogP contribution in [0.5, 0.6) is 0 Å². The third-order valence-electron chi connectivity index (χ3n) is 2.56. The molecule has 0 fully saturated rings. The first-order valence-corrected chi connectivity index (χ1v) is 5.66. The van der Waals surface area contributed by atoms with Crippen LogP contribution in [0.15, 0.2) is 16.7 Å². The minimum absolute atomic E-state index is 0. The Morgan fingerprint density at radius 1 is 0.952 bits per heavy atom. The summed E-state index contributed by atoms with van der Waals surface area (Å²) in [5.41, 5.74) is 16.3. The van der Waals surface area contributed by atoms with E-state index in [-0.39, 0.29) is 51.9 Å². The predicted octanol–water partition coefficient (Wildman–Crippen LogP) is -1.71. The Morgan fingerprint density at radius 3 is 1.24 bits per heavy atom. The topological polar surface area (TPSA) is 81.7 Å². The Hall–Kier alpha value is -0.286. The van der Waals surface area contributed by atoms with Crippen molar-refractivity contribution < 1.29 is 56.1 Å². The van der Waals surface area contributed by atoms with Gasteiger partial charge in [0.2, 0.25) is 0 Å². The summed E-state index contributed by atoms with van der Waals surface area (Å²) in [7, 11) is 0. The third kappa shape index (κ3) is 17.7. The second kappa shape index (κ2) is 14.6. The van der Waals surface area contributed by atoms with Crippen LogP contribution < -0.4 is 24.8 Å². The number of hydrogen-bond acceptors (Lipinski definition) is 2. The fraction of sp³-hybridized carbons (Fsp3) is 0.571. The van der Waals surface area contributed by atoms with Crippen molar-refractivity contribution in [2.75, 3.05) is 0 Å². The van der Waals surface area contributed by atoms with Gasteiger partial charge in [0.25, 0.3) is 0 Å². The molecule has 0 saturated carbocycles. The summed E-state index contributed by atoms with van der Waals surface area (Å²) in [6, 6.07) is 0. The van der Waals surface area contributed by atoms with Crippen LogP contribution in [0.2, 0.25) is 0 Å². The van der Waals surface area contributed by atoms with Crippen molar-refractivity contribution in [3.05, 3.63) is 34.3 Å². The van der Waals surface area contributed by atoms with Crippen LogP contribution in [-0.4, -0.2) is 11.8 Å². The summed E-state index contributed by atoms with van der Waals surface area (Å²) in [5.74, 6) is -1.17. The van der Waals surface area contributed by atoms with E-state index in [0.29, 0.717) is 0 Å². The first-order valence-electron chi connectivity index (χ1n) is 5.66. The van der Waals surface area contributed by atoms with Gasteiger partial charge in [-0.1, -0.05) is 33.1 Å². The molecule has 0 saturated heterocycles. The largest absolute Gasteiger partial charge is 2.00 e. The van der Waals surface area contributed by atoms with Crippen LogP contribution in [-0.2, 0) is 31.3 Å².